The molecular weight excluding hydrogens is 476 g/mol. The summed E-state index contributed by atoms with van der Waals surface area (Å²) in [7, 11) is 1.59. The highest BCUT2D eigenvalue weighted by Crippen LogP contribution is 2.45. The van der Waals surface area contributed by atoms with Gasteiger partial charge >= 0.3 is 5.91 Å². The summed E-state index contributed by atoms with van der Waals surface area (Å²) < 4.78 is 11.9. The molecule has 1 fully saturated rings. The van der Waals surface area contributed by atoms with E-state index in [9.17, 15) is 14.7 Å². The lowest BCUT2D eigenvalue weighted by atomic mass is 9.94. The second kappa shape index (κ2) is 8.49. The molecule has 0 aliphatic carbocycles. The molecule has 1 N–H and O–H groups in total. The van der Waals surface area contributed by atoms with Crippen LogP contribution in [0.2, 0.25) is 0 Å². The fourth-order valence-corrected chi connectivity index (χ4v) is 5.85. The molecule has 2 aliphatic rings. The lowest BCUT2D eigenvalue weighted by Gasteiger charge is -2.23. The highest BCUT2D eigenvalue weighted by Gasteiger charge is 2.48. The summed E-state index contributed by atoms with van der Waals surface area (Å²) in [5, 5.41) is 11.8. The first-order valence-electron chi connectivity index (χ1n) is 11.5. The highest BCUT2D eigenvalue weighted by atomic mass is 32.1. The van der Waals surface area contributed by atoms with Gasteiger partial charge in [-0.1, -0.05) is 41.7 Å². The number of hydrogen-bond donors (Lipinski definition) is 1. The number of carbonyl (C=O) groups is 2. The van der Waals surface area contributed by atoms with Crippen LogP contribution in [0, 0.1) is 0 Å². The number of aliphatic hydroxyl groups excluding tert-OH is 1. The third kappa shape index (κ3) is 3.53. The summed E-state index contributed by atoms with van der Waals surface area (Å²) in [6, 6.07) is 19.2. The molecule has 3 heterocycles. The molecule has 2 atom stereocenters. The van der Waals surface area contributed by atoms with Crippen molar-refractivity contribution < 1.29 is 24.2 Å². The lowest BCUT2D eigenvalue weighted by Crippen LogP contribution is -2.29. The summed E-state index contributed by atoms with van der Waals surface area (Å²) in [4.78, 5) is 32.9. The van der Waals surface area contributed by atoms with Crippen molar-refractivity contribution in [1.82, 2.24) is 4.98 Å². The molecule has 0 saturated carbocycles. The van der Waals surface area contributed by atoms with Crippen molar-refractivity contribution in [2.45, 2.75) is 25.5 Å². The van der Waals surface area contributed by atoms with E-state index in [0.29, 0.717) is 33.9 Å². The standard InChI is InChI=1S/C28H22N2O5S/c1-15-12-18-13-17(8-11-21(18)35-15)25(31)23-24(16-6-4-3-5-7-16)30(27(33)26(23)32)28-29-20-10-9-19(34-2)14-22(20)36-28/h3-11,13-15,24,31H,12H2,1-2H3/b25-23+/t15-,24-/m1/s1. The molecule has 1 amide bonds. The Labute approximate surface area is 211 Å². The molecule has 3 aromatic carbocycles. The van der Waals surface area contributed by atoms with E-state index in [-0.39, 0.29) is 17.4 Å². The SMILES string of the molecule is COc1ccc2nc(N3C(=O)C(=O)/C(=C(/O)c4ccc5c(c4)C[C@@H](C)O5)[C@H]3c3ccccc3)sc2c1. The fraction of sp³-hybridized carbons (Fsp3) is 0.179. The van der Waals surface area contributed by atoms with Crippen LogP contribution in [-0.2, 0) is 16.0 Å². The molecule has 0 bridgehead atoms. The number of amides is 1. The van der Waals surface area contributed by atoms with Gasteiger partial charge in [-0.15, -0.1) is 0 Å². The maximum atomic E-state index is 13.4. The summed E-state index contributed by atoms with van der Waals surface area (Å²) >= 11 is 1.30. The van der Waals surface area contributed by atoms with Crippen molar-refractivity contribution in [3.63, 3.8) is 0 Å². The van der Waals surface area contributed by atoms with Crippen molar-refractivity contribution in [2.75, 3.05) is 12.0 Å². The van der Waals surface area contributed by atoms with E-state index in [1.807, 2.05) is 55.5 Å². The van der Waals surface area contributed by atoms with Crippen molar-refractivity contribution in [1.29, 1.82) is 0 Å². The zero-order chi connectivity index (χ0) is 25.0. The number of aromatic nitrogens is 1. The van der Waals surface area contributed by atoms with Gasteiger partial charge in [0.1, 0.15) is 23.4 Å². The molecule has 0 spiro atoms. The molecule has 1 saturated heterocycles. The largest absolute Gasteiger partial charge is 0.507 e. The molecule has 36 heavy (non-hydrogen) atoms. The van der Waals surface area contributed by atoms with Crippen LogP contribution in [0.3, 0.4) is 0 Å². The van der Waals surface area contributed by atoms with E-state index in [1.54, 1.807) is 25.3 Å². The Hall–Kier alpha value is -4.17. The van der Waals surface area contributed by atoms with Crippen molar-refractivity contribution in [3.05, 3.63) is 89.0 Å². The zero-order valence-electron chi connectivity index (χ0n) is 19.6. The minimum atomic E-state index is -0.822. The highest BCUT2D eigenvalue weighted by molar-refractivity contribution is 7.22. The molecule has 2 aliphatic heterocycles. The first-order chi connectivity index (χ1) is 17.4. The zero-order valence-corrected chi connectivity index (χ0v) is 20.4. The smallest absolute Gasteiger partial charge is 0.301 e. The summed E-state index contributed by atoms with van der Waals surface area (Å²) in [6.07, 6.45) is 0.757. The first-order valence-corrected chi connectivity index (χ1v) is 12.4. The van der Waals surface area contributed by atoms with E-state index in [0.717, 1.165) is 16.0 Å². The Kier molecular flexibility index (Phi) is 5.26. The molecule has 4 aromatic rings. The Balaban J connectivity index is 1.52. The average Bonchev–Trinajstić information content (AvgIpc) is 3.55. The lowest BCUT2D eigenvalue weighted by molar-refractivity contribution is -0.132. The maximum absolute atomic E-state index is 13.4. The molecular formula is C28H22N2O5S. The Morgan fingerprint density at radius 2 is 1.92 bits per heavy atom. The molecule has 7 nitrogen and oxygen atoms in total. The number of benzene rings is 3. The van der Waals surface area contributed by atoms with Gasteiger partial charge in [-0.25, -0.2) is 4.98 Å². The van der Waals surface area contributed by atoms with Gasteiger partial charge < -0.3 is 14.6 Å². The van der Waals surface area contributed by atoms with Gasteiger partial charge in [-0.2, -0.15) is 0 Å². The normalized spacial score (nSPS) is 20.6. The second-order valence-corrected chi connectivity index (χ2v) is 9.87. The van der Waals surface area contributed by atoms with Gasteiger partial charge in [0, 0.05) is 12.0 Å². The quantitative estimate of drug-likeness (QED) is 0.235. The number of rotatable bonds is 4. The van der Waals surface area contributed by atoms with Gasteiger partial charge in [-0.3, -0.25) is 14.5 Å². The topological polar surface area (TPSA) is 89.0 Å². The molecule has 0 radical (unpaired) electrons. The third-order valence-electron chi connectivity index (χ3n) is 6.52. The minimum Gasteiger partial charge on any atom is -0.507 e. The van der Waals surface area contributed by atoms with E-state index < -0.39 is 17.7 Å². The number of carbonyl (C=O) groups excluding carboxylic acids is 2. The van der Waals surface area contributed by atoms with E-state index in [1.165, 1.54) is 16.2 Å². The molecule has 1 aromatic heterocycles. The first kappa shape index (κ1) is 22.3. The minimum absolute atomic E-state index is 0.0370. The number of nitrogens with zero attached hydrogens (tertiary/aromatic N) is 2. The number of fused-ring (bicyclic) bond motifs is 2. The number of methoxy groups -OCH3 is 1. The second-order valence-electron chi connectivity index (χ2n) is 8.86. The van der Waals surface area contributed by atoms with Crippen LogP contribution in [0.15, 0.2) is 72.3 Å². The van der Waals surface area contributed by atoms with Crippen LogP contribution in [0.4, 0.5) is 5.13 Å². The van der Waals surface area contributed by atoms with Crippen LogP contribution < -0.4 is 14.4 Å². The van der Waals surface area contributed by atoms with Crippen LogP contribution in [-0.4, -0.2) is 35.0 Å². The Morgan fingerprint density at radius 3 is 2.69 bits per heavy atom. The van der Waals surface area contributed by atoms with Gasteiger partial charge in [0.25, 0.3) is 5.78 Å². The number of ether oxygens (including phenoxy) is 2. The number of aliphatic hydroxyl groups is 1. The van der Waals surface area contributed by atoms with Crippen molar-refractivity contribution in [3.8, 4) is 11.5 Å². The molecule has 180 valence electrons. The van der Waals surface area contributed by atoms with Crippen LogP contribution in [0.5, 0.6) is 11.5 Å². The van der Waals surface area contributed by atoms with Crippen LogP contribution in [0.1, 0.15) is 29.7 Å². The number of thiazole rings is 1. The van der Waals surface area contributed by atoms with Crippen molar-refractivity contribution in [2.24, 2.45) is 0 Å². The van der Waals surface area contributed by atoms with Gasteiger partial charge in [0.15, 0.2) is 5.13 Å². The van der Waals surface area contributed by atoms with Crippen LogP contribution >= 0.6 is 11.3 Å². The predicted octanol–water partition coefficient (Wildman–Crippen LogP) is 5.25. The predicted molar refractivity (Wildman–Crippen MR) is 138 cm³/mol. The monoisotopic (exact) mass is 498 g/mol. The average molecular weight is 499 g/mol. The van der Waals surface area contributed by atoms with E-state index in [2.05, 4.69) is 4.98 Å². The summed E-state index contributed by atoms with van der Waals surface area (Å²) in [5.41, 5.74) is 2.86. The van der Waals surface area contributed by atoms with Gasteiger partial charge in [-0.05, 0) is 54.4 Å². The van der Waals surface area contributed by atoms with E-state index in [4.69, 9.17) is 9.47 Å². The molecule has 0 unspecified atom stereocenters. The number of hydrogen-bond acceptors (Lipinski definition) is 7. The Bertz CT molecular complexity index is 1560. The summed E-state index contributed by atoms with van der Waals surface area (Å²) in [5.74, 6) is -0.244. The number of ketones is 1. The van der Waals surface area contributed by atoms with E-state index >= 15 is 0 Å². The third-order valence-corrected chi connectivity index (χ3v) is 7.54. The van der Waals surface area contributed by atoms with Crippen molar-refractivity contribution >= 4 is 44.1 Å². The Morgan fingerprint density at radius 1 is 1.11 bits per heavy atom. The number of Topliss-reactive ketones (excluding diaryl/α,β-unsaturated/α-hetero) is 1. The molecule has 6 rings (SSSR count). The number of anilines is 1. The molecule has 8 heteroatoms. The fourth-order valence-electron chi connectivity index (χ4n) is 4.83. The summed E-state index contributed by atoms with van der Waals surface area (Å²) in [6.45, 7) is 1.98. The van der Waals surface area contributed by atoms with Crippen LogP contribution in [0.25, 0.3) is 16.0 Å². The van der Waals surface area contributed by atoms with Gasteiger partial charge in [0.05, 0.1) is 28.9 Å². The van der Waals surface area contributed by atoms with Gasteiger partial charge in [0.2, 0.25) is 0 Å². The maximum Gasteiger partial charge on any atom is 0.301 e.